The third-order valence-corrected chi connectivity index (χ3v) is 3.01. The van der Waals surface area contributed by atoms with Crippen LogP contribution < -0.4 is 5.32 Å². The summed E-state index contributed by atoms with van der Waals surface area (Å²) in [5.41, 5.74) is 2.66. The largest absolute Gasteiger partial charge is 0.467 e. The Bertz CT molecular complexity index is 667. The first kappa shape index (κ1) is 11.2. The van der Waals surface area contributed by atoms with Crippen molar-refractivity contribution in [2.75, 3.05) is 5.32 Å². The third-order valence-electron chi connectivity index (χ3n) is 2.58. The highest BCUT2D eigenvalue weighted by atomic mass is 79.9. The van der Waals surface area contributed by atoms with E-state index < -0.39 is 0 Å². The van der Waals surface area contributed by atoms with Crippen LogP contribution in [0.2, 0.25) is 0 Å². The van der Waals surface area contributed by atoms with Crippen molar-refractivity contribution in [1.29, 1.82) is 0 Å². The highest BCUT2D eigenvalue weighted by Crippen LogP contribution is 2.22. The van der Waals surface area contributed by atoms with Crippen LogP contribution >= 0.6 is 15.9 Å². The fraction of sp³-hybridized carbons (Fsp3) is 0.0769. The molecular formula is C13H10BrN3O. The Kier molecular flexibility index (Phi) is 2.98. The summed E-state index contributed by atoms with van der Waals surface area (Å²) in [5.74, 6) is 0.886. The first-order chi connectivity index (χ1) is 8.83. The minimum absolute atomic E-state index is 0.629. The van der Waals surface area contributed by atoms with Crippen molar-refractivity contribution in [2.24, 2.45) is 0 Å². The predicted molar refractivity (Wildman–Crippen MR) is 73.3 cm³/mol. The number of hydrogen-bond donors (Lipinski definition) is 1. The monoisotopic (exact) mass is 303 g/mol. The molecule has 0 radical (unpaired) electrons. The summed E-state index contributed by atoms with van der Waals surface area (Å²) in [4.78, 5) is 8.67. The number of aromatic nitrogens is 2. The Hall–Kier alpha value is -1.88. The normalized spacial score (nSPS) is 10.7. The van der Waals surface area contributed by atoms with Crippen molar-refractivity contribution in [3.63, 3.8) is 0 Å². The zero-order valence-electron chi connectivity index (χ0n) is 9.43. The Morgan fingerprint density at radius 3 is 3.06 bits per heavy atom. The van der Waals surface area contributed by atoms with Crippen LogP contribution in [0.5, 0.6) is 0 Å². The van der Waals surface area contributed by atoms with E-state index >= 15 is 0 Å². The van der Waals surface area contributed by atoms with Gasteiger partial charge in [-0.3, -0.25) is 9.97 Å². The second-order valence-electron chi connectivity index (χ2n) is 3.81. The first-order valence-corrected chi connectivity index (χ1v) is 6.29. The number of halogens is 1. The molecule has 0 aliphatic rings. The SMILES string of the molecule is Brc1cnc2c(NCc3ccco3)ccnc2c1. The molecule has 0 saturated heterocycles. The summed E-state index contributed by atoms with van der Waals surface area (Å²) in [5, 5.41) is 3.30. The minimum Gasteiger partial charge on any atom is -0.467 e. The molecule has 0 spiro atoms. The molecule has 90 valence electrons. The van der Waals surface area contributed by atoms with E-state index in [1.165, 1.54) is 0 Å². The fourth-order valence-corrected chi connectivity index (χ4v) is 2.06. The number of hydrogen-bond acceptors (Lipinski definition) is 4. The Balaban J connectivity index is 1.92. The lowest BCUT2D eigenvalue weighted by atomic mass is 10.3. The lowest BCUT2D eigenvalue weighted by Crippen LogP contribution is -2.00. The van der Waals surface area contributed by atoms with Crippen LogP contribution in [0, 0.1) is 0 Å². The van der Waals surface area contributed by atoms with Crippen molar-refractivity contribution >= 4 is 32.7 Å². The third kappa shape index (κ3) is 2.22. The average Bonchev–Trinajstić information content (AvgIpc) is 2.89. The summed E-state index contributed by atoms with van der Waals surface area (Å²) < 4.78 is 6.20. The molecule has 3 aromatic rings. The molecule has 0 amide bonds. The molecule has 0 aromatic carbocycles. The zero-order valence-corrected chi connectivity index (χ0v) is 11.0. The van der Waals surface area contributed by atoms with Crippen LogP contribution in [0.1, 0.15) is 5.76 Å². The lowest BCUT2D eigenvalue weighted by molar-refractivity contribution is 0.518. The van der Waals surface area contributed by atoms with E-state index in [9.17, 15) is 0 Å². The van der Waals surface area contributed by atoms with Gasteiger partial charge in [0.1, 0.15) is 11.3 Å². The maximum absolute atomic E-state index is 5.28. The zero-order chi connectivity index (χ0) is 12.4. The van der Waals surface area contributed by atoms with Gasteiger partial charge in [-0.15, -0.1) is 0 Å². The molecule has 0 aliphatic heterocycles. The van der Waals surface area contributed by atoms with Gasteiger partial charge in [0.15, 0.2) is 0 Å². The predicted octanol–water partition coefficient (Wildman–Crippen LogP) is 3.60. The average molecular weight is 304 g/mol. The number of anilines is 1. The van der Waals surface area contributed by atoms with Gasteiger partial charge in [0.2, 0.25) is 0 Å². The number of furan rings is 1. The summed E-state index contributed by atoms with van der Waals surface area (Å²) in [6.07, 6.45) is 5.19. The van der Waals surface area contributed by atoms with Crippen molar-refractivity contribution in [3.05, 3.63) is 53.2 Å². The molecular weight excluding hydrogens is 294 g/mol. The van der Waals surface area contributed by atoms with Gasteiger partial charge in [-0.2, -0.15) is 0 Å². The van der Waals surface area contributed by atoms with E-state index in [0.29, 0.717) is 6.54 Å². The number of fused-ring (bicyclic) bond motifs is 1. The van der Waals surface area contributed by atoms with E-state index in [-0.39, 0.29) is 0 Å². The molecule has 3 aromatic heterocycles. The maximum Gasteiger partial charge on any atom is 0.122 e. The molecule has 0 bridgehead atoms. The van der Waals surface area contributed by atoms with Gasteiger partial charge in [0, 0.05) is 16.9 Å². The molecule has 5 heteroatoms. The van der Waals surface area contributed by atoms with E-state index in [4.69, 9.17) is 4.42 Å². The number of rotatable bonds is 3. The smallest absolute Gasteiger partial charge is 0.122 e. The van der Waals surface area contributed by atoms with E-state index in [1.807, 2.05) is 24.3 Å². The Morgan fingerprint density at radius 1 is 1.28 bits per heavy atom. The van der Waals surface area contributed by atoms with Gasteiger partial charge >= 0.3 is 0 Å². The van der Waals surface area contributed by atoms with Crippen LogP contribution in [0.15, 0.2) is 51.8 Å². The summed E-state index contributed by atoms with van der Waals surface area (Å²) in [6.45, 7) is 0.629. The standard InChI is InChI=1S/C13H10BrN3O/c14-9-6-12-13(17-7-9)11(3-4-15-12)16-8-10-2-1-5-18-10/h1-7H,8H2,(H,15,16). The molecule has 18 heavy (non-hydrogen) atoms. The lowest BCUT2D eigenvalue weighted by Gasteiger charge is -2.07. The minimum atomic E-state index is 0.629. The molecule has 0 unspecified atom stereocenters. The molecule has 1 N–H and O–H groups in total. The van der Waals surface area contributed by atoms with Crippen LogP contribution in [0.25, 0.3) is 11.0 Å². The number of pyridine rings is 2. The van der Waals surface area contributed by atoms with Crippen LogP contribution in [-0.2, 0) is 6.54 Å². The highest BCUT2D eigenvalue weighted by Gasteiger charge is 2.04. The van der Waals surface area contributed by atoms with Crippen molar-refractivity contribution in [1.82, 2.24) is 9.97 Å². The number of nitrogens with zero attached hydrogens (tertiary/aromatic N) is 2. The highest BCUT2D eigenvalue weighted by molar-refractivity contribution is 9.10. The van der Waals surface area contributed by atoms with E-state index in [1.54, 1.807) is 18.7 Å². The summed E-state index contributed by atoms with van der Waals surface area (Å²) in [6, 6.07) is 7.66. The van der Waals surface area contributed by atoms with E-state index in [0.717, 1.165) is 27.0 Å². The molecule has 0 fully saturated rings. The van der Waals surface area contributed by atoms with Crippen LogP contribution in [0.3, 0.4) is 0 Å². The second kappa shape index (κ2) is 4.78. The Labute approximate surface area is 112 Å². The molecule has 0 atom stereocenters. The van der Waals surface area contributed by atoms with Gasteiger partial charge in [0.25, 0.3) is 0 Å². The summed E-state index contributed by atoms with van der Waals surface area (Å²) in [7, 11) is 0. The van der Waals surface area contributed by atoms with Gasteiger partial charge in [-0.05, 0) is 40.2 Å². The van der Waals surface area contributed by atoms with E-state index in [2.05, 4.69) is 31.2 Å². The van der Waals surface area contributed by atoms with Crippen LogP contribution in [0.4, 0.5) is 5.69 Å². The maximum atomic E-state index is 5.28. The molecule has 3 rings (SSSR count). The van der Waals surface area contributed by atoms with Crippen molar-refractivity contribution in [3.8, 4) is 0 Å². The Morgan fingerprint density at radius 2 is 2.22 bits per heavy atom. The van der Waals surface area contributed by atoms with Gasteiger partial charge in [-0.25, -0.2) is 0 Å². The molecule has 0 aliphatic carbocycles. The van der Waals surface area contributed by atoms with Crippen molar-refractivity contribution < 1.29 is 4.42 Å². The summed E-state index contributed by atoms with van der Waals surface area (Å²) >= 11 is 3.39. The number of nitrogens with one attached hydrogen (secondary N) is 1. The van der Waals surface area contributed by atoms with Crippen molar-refractivity contribution in [2.45, 2.75) is 6.54 Å². The molecule has 3 heterocycles. The first-order valence-electron chi connectivity index (χ1n) is 5.49. The van der Waals surface area contributed by atoms with Gasteiger partial charge in [-0.1, -0.05) is 0 Å². The fourth-order valence-electron chi connectivity index (χ4n) is 1.74. The second-order valence-corrected chi connectivity index (χ2v) is 4.73. The van der Waals surface area contributed by atoms with Crippen LogP contribution in [-0.4, -0.2) is 9.97 Å². The molecule has 0 saturated carbocycles. The topological polar surface area (TPSA) is 51.0 Å². The van der Waals surface area contributed by atoms with Gasteiger partial charge < -0.3 is 9.73 Å². The van der Waals surface area contributed by atoms with Gasteiger partial charge in [0.05, 0.1) is 24.0 Å². The molecule has 4 nitrogen and oxygen atoms in total. The quantitative estimate of drug-likeness (QED) is 0.803.